The quantitative estimate of drug-likeness (QED) is 0.469. The van der Waals surface area contributed by atoms with Crippen molar-refractivity contribution in [3.8, 4) is 16.5 Å². The van der Waals surface area contributed by atoms with Gasteiger partial charge in [0.2, 0.25) is 5.88 Å². The summed E-state index contributed by atoms with van der Waals surface area (Å²) in [7, 11) is 0. The van der Waals surface area contributed by atoms with Crippen LogP contribution in [0, 0.1) is 0 Å². The number of aliphatic carboxylic acids is 1. The Balaban J connectivity index is 1.45. The maximum absolute atomic E-state index is 13.6. The van der Waals surface area contributed by atoms with Gasteiger partial charge in [-0.05, 0) is 30.9 Å². The average molecular weight is 522 g/mol. The first kappa shape index (κ1) is 23.7. The van der Waals surface area contributed by atoms with Crippen LogP contribution in [0.4, 0.5) is 20.3 Å². The molecule has 0 bridgehead atoms. The second-order valence-corrected chi connectivity index (χ2v) is 9.92. The molecule has 0 spiro atoms. The van der Waals surface area contributed by atoms with Crippen LogP contribution in [0.2, 0.25) is 5.02 Å². The number of ether oxygens (including phenoxy) is 1. The normalized spacial score (nSPS) is 21.9. The van der Waals surface area contributed by atoms with Crippen molar-refractivity contribution in [3.05, 3.63) is 46.7 Å². The van der Waals surface area contributed by atoms with Gasteiger partial charge in [-0.1, -0.05) is 17.7 Å². The lowest BCUT2D eigenvalue weighted by atomic mass is 10.0. The lowest BCUT2D eigenvalue weighted by molar-refractivity contribution is -0.138. The van der Waals surface area contributed by atoms with Gasteiger partial charge in [0.15, 0.2) is 5.82 Å². The Kier molecular flexibility index (Phi) is 6.45. The summed E-state index contributed by atoms with van der Waals surface area (Å²) in [6, 6.07) is 6.20. The number of halogens is 3. The second kappa shape index (κ2) is 9.54. The first-order valence-corrected chi connectivity index (χ1v) is 12.3. The van der Waals surface area contributed by atoms with Gasteiger partial charge in [-0.2, -0.15) is 0 Å². The van der Waals surface area contributed by atoms with E-state index in [1.807, 2.05) is 5.38 Å². The maximum Gasteiger partial charge on any atom is 0.326 e. The van der Waals surface area contributed by atoms with Crippen molar-refractivity contribution in [1.29, 1.82) is 0 Å². The molecule has 0 aliphatic carbocycles. The van der Waals surface area contributed by atoms with E-state index in [-0.39, 0.29) is 18.8 Å². The van der Waals surface area contributed by atoms with Crippen molar-refractivity contribution >= 4 is 40.4 Å². The molecule has 3 aromatic rings. The molecule has 1 N–H and O–H groups in total. The summed E-state index contributed by atoms with van der Waals surface area (Å²) < 4.78 is 33.4. The highest BCUT2D eigenvalue weighted by molar-refractivity contribution is 7.13. The van der Waals surface area contributed by atoms with E-state index < -0.39 is 30.4 Å². The molecule has 3 aromatic heterocycles. The van der Waals surface area contributed by atoms with Crippen LogP contribution in [0.25, 0.3) is 10.6 Å². The zero-order valence-electron chi connectivity index (χ0n) is 18.6. The molecule has 0 saturated carbocycles. The molecule has 184 valence electrons. The van der Waals surface area contributed by atoms with Gasteiger partial charge in [-0.15, -0.1) is 11.3 Å². The second-order valence-electron chi connectivity index (χ2n) is 8.54. The molecule has 0 amide bonds. The highest BCUT2D eigenvalue weighted by Crippen LogP contribution is 2.37. The fraction of sp³-hybridized carbons (Fsp3) is 0.391. The molecule has 2 saturated heterocycles. The van der Waals surface area contributed by atoms with E-state index in [1.165, 1.54) is 22.4 Å². The minimum Gasteiger partial charge on any atom is -0.480 e. The van der Waals surface area contributed by atoms with E-state index in [2.05, 4.69) is 26.8 Å². The number of nitrogens with zero attached hydrogens (tertiary/aromatic N) is 5. The molecular formula is C23H22ClF2N5O3S. The van der Waals surface area contributed by atoms with Gasteiger partial charge < -0.3 is 19.6 Å². The molecule has 2 aliphatic rings. The van der Waals surface area contributed by atoms with Crippen molar-refractivity contribution in [2.24, 2.45) is 0 Å². The van der Waals surface area contributed by atoms with Crippen molar-refractivity contribution < 1.29 is 23.4 Å². The Labute approximate surface area is 209 Å². The number of anilines is 2. The summed E-state index contributed by atoms with van der Waals surface area (Å²) in [5.74, 6) is -1.25. The van der Waals surface area contributed by atoms with E-state index >= 15 is 0 Å². The highest BCUT2D eigenvalue weighted by Gasteiger charge is 2.40. The van der Waals surface area contributed by atoms with Crippen LogP contribution >= 0.6 is 22.9 Å². The standard InChI is InChI=1S/C23H22ClF2N5O3S/c1-12-4-5-30(12)16-7-13(24)10-27-22(16)34-14-8-17(23(32)33)31(11-14)19-9-15(18-3-2-6-35-18)28-21(29-19)20(25)26/h2-3,6-7,9-10,12,14,17,20H,4-5,8,11H2,1H3,(H,32,33)/t12-,14+,17+/m1/s1. The van der Waals surface area contributed by atoms with Crippen LogP contribution in [-0.2, 0) is 4.79 Å². The fourth-order valence-electron chi connectivity index (χ4n) is 4.36. The zero-order valence-corrected chi connectivity index (χ0v) is 20.2. The minimum absolute atomic E-state index is 0.123. The molecule has 3 atom stereocenters. The Bertz CT molecular complexity index is 1230. The number of carboxylic acid groups (broad SMARTS) is 1. The number of hydrogen-bond donors (Lipinski definition) is 1. The maximum atomic E-state index is 13.6. The molecule has 5 heterocycles. The highest BCUT2D eigenvalue weighted by atomic mass is 35.5. The Morgan fingerprint density at radius 3 is 2.77 bits per heavy atom. The third kappa shape index (κ3) is 4.74. The number of carboxylic acids is 1. The van der Waals surface area contributed by atoms with Gasteiger partial charge in [0.05, 0.1) is 22.1 Å². The monoisotopic (exact) mass is 521 g/mol. The van der Waals surface area contributed by atoms with Crippen molar-refractivity contribution in [2.75, 3.05) is 22.9 Å². The Hall–Kier alpha value is -3.05. The summed E-state index contributed by atoms with van der Waals surface area (Å²) in [4.78, 5) is 28.7. The minimum atomic E-state index is -2.90. The molecule has 8 nitrogen and oxygen atoms in total. The summed E-state index contributed by atoms with van der Waals surface area (Å²) >= 11 is 7.52. The topological polar surface area (TPSA) is 91.7 Å². The molecule has 12 heteroatoms. The van der Waals surface area contributed by atoms with E-state index in [9.17, 15) is 18.7 Å². The molecule has 2 aliphatic heterocycles. The van der Waals surface area contributed by atoms with Gasteiger partial charge in [-0.25, -0.2) is 28.5 Å². The molecule has 0 unspecified atom stereocenters. The van der Waals surface area contributed by atoms with Crippen LogP contribution in [0.5, 0.6) is 5.88 Å². The molecule has 5 rings (SSSR count). The first-order chi connectivity index (χ1) is 16.8. The number of aromatic nitrogens is 3. The third-order valence-electron chi connectivity index (χ3n) is 6.25. The van der Waals surface area contributed by atoms with E-state index in [4.69, 9.17) is 16.3 Å². The third-order valence-corrected chi connectivity index (χ3v) is 7.35. The van der Waals surface area contributed by atoms with E-state index in [0.717, 1.165) is 18.7 Å². The lowest BCUT2D eigenvalue weighted by Crippen LogP contribution is -2.46. The van der Waals surface area contributed by atoms with Crippen molar-refractivity contribution in [2.45, 2.75) is 44.4 Å². The average Bonchev–Trinajstić information content (AvgIpc) is 3.50. The van der Waals surface area contributed by atoms with Gasteiger partial charge >= 0.3 is 5.97 Å². The molecular weight excluding hydrogens is 500 g/mol. The zero-order chi connectivity index (χ0) is 24.7. The summed E-state index contributed by atoms with van der Waals surface area (Å²) in [5, 5.41) is 12.2. The molecule has 0 radical (unpaired) electrons. The lowest BCUT2D eigenvalue weighted by Gasteiger charge is -2.41. The van der Waals surface area contributed by atoms with Crippen molar-refractivity contribution in [1.82, 2.24) is 15.0 Å². The van der Waals surface area contributed by atoms with Gasteiger partial charge in [0.1, 0.15) is 23.7 Å². The fourth-order valence-corrected chi connectivity index (χ4v) is 5.20. The largest absolute Gasteiger partial charge is 0.480 e. The summed E-state index contributed by atoms with van der Waals surface area (Å²) in [6.07, 6.45) is -0.784. The van der Waals surface area contributed by atoms with Crippen LogP contribution < -0.4 is 14.5 Å². The predicted octanol–water partition coefficient (Wildman–Crippen LogP) is 4.90. The summed E-state index contributed by atoms with van der Waals surface area (Å²) in [6.45, 7) is 3.07. The smallest absolute Gasteiger partial charge is 0.326 e. The van der Waals surface area contributed by atoms with Gasteiger partial charge in [0, 0.05) is 31.3 Å². The number of hydrogen-bond acceptors (Lipinski definition) is 8. The van der Waals surface area contributed by atoms with Crippen LogP contribution in [0.1, 0.15) is 32.0 Å². The predicted molar refractivity (Wildman–Crippen MR) is 129 cm³/mol. The van der Waals surface area contributed by atoms with E-state index in [0.29, 0.717) is 27.5 Å². The Morgan fingerprint density at radius 1 is 1.31 bits per heavy atom. The molecule has 35 heavy (non-hydrogen) atoms. The van der Waals surface area contributed by atoms with Gasteiger partial charge in [0.25, 0.3) is 6.43 Å². The number of thiophene rings is 1. The number of carbonyl (C=O) groups is 1. The number of rotatable bonds is 7. The van der Waals surface area contributed by atoms with Crippen LogP contribution in [0.3, 0.4) is 0 Å². The number of alkyl halides is 2. The SMILES string of the molecule is C[C@@H]1CCN1c1cc(Cl)cnc1O[C@H]1C[C@@H](C(=O)O)N(c2cc(-c3cccs3)nc(C(F)F)n2)C1. The van der Waals surface area contributed by atoms with Gasteiger partial charge in [-0.3, -0.25) is 0 Å². The number of pyridine rings is 1. The molecule has 2 fully saturated rings. The Morgan fingerprint density at radius 2 is 2.14 bits per heavy atom. The van der Waals surface area contributed by atoms with Crippen molar-refractivity contribution in [3.63, 3.8) is 0 Å². The van der Waals surface area contributed by atoms with Crippen LogP contribution in [0.15, 0.2) is 35.8 Å². The van der Waals surface area contributed by atoms with E-state index in [1.54, 1.807) is 24.3 Å². The first-order valence-electron chi connectivity index (χ1n) is 11.1. The summed E-state index contributed by atoms with van der Waals surface area (Å²) in [5.41, 5.74) is 1.07. The molecule has 0 aromatic carbocycles. The van der Waals surface area contributed by atoms with Crippen LogP contribution in [-0.4, -0.2) is 57.3 Å².